The number of hydrogen-bond acceptors (Lipinski definition) is 3. The van der Waals surface area contributed by atoms with Gasteiger partial charge in [-0.3, -0.25) is 4.79 Å². The number of benzene rings is 1. The van der Waals surface area contributed by atoms with E-state index in [1.807, 2.05) is 0 Å². The fraction of sp³-hybridized carbons (Fsp3) is 0.0833. The van der Waals surface area contributed by atoms with Gasteiger partial charge < -0.3 is 5.32 Å². The average molecular weight is 231 g/mol. The van der Waals surface area contributed by atoms with Crippen LogP contribution >= 0.6 is 0 Å². The molecule has 1 aromatic heterocycles. The van der Waals surface area contributed by atoms with Gasteiger partial charge in [-0.1, -0.05) is 18.2 Å². The Morgan fingerprint density at radius 3 is 2.76 bits per heavy atom. The third kappa shape index (κ3) is 2.84. The van der Waals surface area contributed by atoms with Gasteiger partial charge in [-0.25, -0.2) is 4.39 Å². The Balaban J connectivity index is 2.00. The molecule has 0 unspecified atom stereocenters. The van der Waals surface area contributed by atoms with E-state index in [-0.39, 0.29) is 24.0 Å². The zero-order chi connectivity index (χ0) is 12.1. The van der Waals surface area contributed by atoms with Crippen LogP contribution in [0.4, 0.5) is 4.39 Å². The molecular formula is C12H10FN3O. The van der Waals surface area contributed by atoms with Crippen molar-refractivity contribution in [2.45, 2.75) is 6.54 Å². The van der Waals surface area contributed by atoms with Gasteiger partial charge in [0.15, 0.2) is 5.69 Å². The number of nitrogens with one attached hydrogen (secondary N) is 1. The van der Waals surface area contributed by atoms with Crippen LogP contribution in [0.2, 0.25) is 0 Å². The van der Waals surface area contributed by atoms with E-state index >= 15 is 0 Å². The third-order valence-electron chi connectivity index (χ3n) is 2.20. The van der Waals surface area contributed by atoms with E-state index in [4.69, 9.17) is 0 Å². The average Bonchev–Trinajstić information content (AvgIpc) is 2.38. The molecule has 0 saturated heterocycles. The normalized spacial score (nSPS) is 9.94. The summed E-state index contributed by atoms with van der Waals surface area (Å²) in [5.74, 6) is -0.715. The largest absolute Gasteiger partial charge is 0.346 e. The summed E-state index contributed by atoms with van der Waals surface area (Å²) >= 11 is 0. The molecule has 1 amide bonds. The van der Waals surface area contributed by atoms with Crippen LogP contribution in [-0.2, 0) is 6.54 Å². The topological polar surface area (TPSA) is 54.9 Å². The predicted molar refractivity (Wildman–Crippen MR) is 59.6 cm³/mol. The van der Waals surface area contributed by atoms with E-state index in [0.29, 0.717) is 5.56 Å². The molecule has 2 aromatic rings. The van der Waals surface area contributed by atoms with Gasteiger partial charge in [-0.15, -0.1) is 5.10 Å². The highest BCUT2D eigenvalue weighted by molar-refractivity contribution is 5.91. The Kier molecular flexibility index (Phi) is 3.40. The lowest BCUT2D eigenvalue weighted by molar-refractivity contribution is 0.0944. The lowest BCUT2D eigenvalue weighted by Gasteiger charge is -2.04. The summed E-state index contributed by atoms with van der Waals surface area (Å²) in [4.78, 5) is 11.6. The highest BCUT2D eigenvalue weighted by Crippen LogP contribution is 2.05. The smallest absolute Gasteiger partial charge is 0.272 e. The summed E-state index contributed by atoms with van der Waals surface area (Å²) in [6.45, 7) is 0.127. The van der Waals surface area contributed by atoms with Crippen LogP contribution in [-0.4, -0.2) is 16.1 Å². The Hall–Kier alpha value is -2.30. The van der Waals surface area contributed by atoms with Gasteiger partial charge in [0.05, 0.1) is 0 Å². The molecule has 17 heavy (non-hydrogen) atoms. The van der Waals surface area contributed by atoms with Crippen LogP contribution in [0.15, 0.2) is 42.6 Å². The number of halogens is 1. The minimum Gasteiger partial charge on any atom is -0.346 e. The van der Waals surface area contributed by atoms with E-state index in [9.17, 15) is 9.18 Å². The number of rotatable bonds is 3. The van der Waals surface area contributed by atoms with Crippen molar-refractivity contribution in [1.82, 2.24) is 15.5 Å². The van der Waals surface area contributed by atoms with Crippen LogP contribution in [0.3, 0.4) is 0 Å². The highest BCUT2D eigenvalue weighted by Gasteiger charge is 2.07. The van der Waals surface area contributed by atoms with Crippen LogP contribution in [0.1, 0.15) is 16.1 Å². The molecule has 0 saturated carbocycles. The minimum absolute atomic E-state index is 0.127. The van der Waals surface area contributed by atoms with Crippen LogP contribution < -0.4 is 5.32 Å². The zero-order valence-electron chi connectivity index (χ0n) is 8.93. The van der Waals surface area contributed by atoms with Gasteiger partial charge in [0, 0.05) is 18.3 Å². The first-order valence-electron chi connectivity index (χ1n) is 5.06. The summed E-state index contributed by atoms with van der Waals surface area (Å²) in [7, 11) is 0. The van der Waals surface area contributed by atoms with Gasteiger partial charge >= 0.3 is 0 Å². The Bertz CT molecular complexity index is 516. The molecule has 1 aromatic carbocycles. The summed E-state index contributed by atoms with van der Waals surface area (Å²) < 4.78 is 13.3. The second kappa shape index (κ2) is 5.16. The summed E-state index contributed by atoms with van der Waals surface area (Å²) in [6, 6.07) is 9.45. The fourth-order valence-electron chi connectivity index (χ4n) is 1.33. The van der Waals surface area contributed by atoms with E-state index in [1.165, 1.54) is 12.3 Å². The second-order valence-corrected chi connectivity index (χ2v) is 3.38. The van der Waals surface area contributed by atoms with Gasteiger partial charge in [0.2, 0.25) is 0 Å². The lowest BCUT2D eigenvalue weighted by Crippen LogP contribution is -2.24. The Morgan fingerprint density at radius 1 is 1.24 bits per heavy atom. The van der Waals surface area contributed by atoms with Gasteiger partial charge in [-0.05, 0) is 18.2 Å². The summed E-state index contributed by atoms with van der Waals surface area (Å²) in [5.41, 5.74) is 0.647. The molecule has 0 radical (unpaired) electrons. The van der Waals surface area contributed by atoms with Crippen molar-refractivity contribution in [3.05, 3.63) is 59.7 Å². The van der Waals surface area contributed by atoms with Crippen molar-refractivity contribution in [2.75, 3.05) is 0 Å². The van der Waals surface area contributed by atoms with Crippen molar-refractivity contribution in [3.63, 3.8) is 0 Å². The molecule has 0 atom stereocenters. The highest BCUT2D eigenvalue weighted by atomic mass is 19.1. The van der Waals surface area contributed by atoms with Crippen LogP contribution in [0.5, 0.6) is 0 Å². The summed E-state index contributed by atoms with van der Waals surface area (Å²) in [5, 5.41) is 9.83. The lowest BCUT2D eigenvalue weighted by atomic mass is 10.2. The van der Waals surface area contributed by atoms with E-state index in [1.54, 1.807) is 30.3 Å². The molecule has 1 N–H and O–H groups in total. The van der Waals surface area contributed by atoms with Crippen molar-refractivity contribution >= 4 is 5.91 Å². The number of carbonyl (C=O) groups excluding carboxylic acids is 1. The number of aromatic nitrogens is 2. The van der Waals surface area contributed by atoms with Crippen LogP contribution in [0, 0.1) is 5.82 Å². The first-order chi connectivity index (χ1) is 8.27. The van der Waals surface area contributed by atoms with E-state index in [0.717, 1.165) is 0 Å². The van der Waals surface area contributed by atoms with E-state index in [2.05, 4.69) is 15.5 Å². The summed E-state index contributed by atoms with van der Waals surface area (Å²) in [6.07, 6.45) is 1.48. The Morgan fingerprint density at radius 2 is 2.06 bits per heavy atom. The van der Waals surface area contributed by atoms with Gasteiger partial charge in [0.25, 0.3) is 5.91 Å². The van der Waals surface area contributed by atoms with Crippen molar-refractivity contribution in [1.29, 1.82) is 0 Å². The number of nitrogens with zero attached hydrogens (tertiary/aromatic N) is 2. The first kappa shape index (κ1) is 11.2. The molecule has 0 bridgehead atoms. The standard InChI is InChI=1S/C12H10FN3O/c13-10-5-2-1-4-9(10)8-14-12(17)11-6-3-7-15-16-11/h1-7H,8H2,(H,14,17). The molecular weight excluding hydrogens is 221 g/mol. The van der Waals surface area contributed by atoms with Crippen LogP contribution in [0.25, 0.3) is 0 Å². The van der Waals surface area contributed by atoms with Crippen molar-refractivity contribution in [2.24, 2.45) is 0 Å². The predicted octanol–water partition coefficient (Wildman–Crippen LogP) is 1.55. The van der Waals surface area contributed by atoms with E-state index < -0.39 is 0 Å². The quantitative estimate of drug-likeness (QED) is 0.871. The molecule has 0 fully saturated rings. The zero-order valence-corrected chi connectivity index (χ0v) is 8.93. The third-order valence-corrected chi connectivity index (χ3v) is 2.20. The Labute approximate surface area is 97.5 Å². The van der Waals surface area contributed by atoms with Crippen molar-refractivity contribution in [3.8, 4) is 0 Å². The maximum Gasteiger partial charge on any atom is 0.272 e. The molecule has 5 heteroatoms. The molecule has 4 nitrogen and oxygen atoms in total. The molecule has 0 aliphatic rings. The van der Waals surface area contributed by atoms with Crippen molar-refractivity contribution < 1.29 is 9.18 Å². The maximum absolute atomic E-state index is 13.3. The van der Waals surface area contributed by atoms with Gasteiger partial charge in [0.1, 0.15) is 5.82 Å². The molecule has 86 valence electrons. The van der Waals surface area contributed by atoms with Gasteiger partial charge in [-0.2, -0.15) is 5.10 Å². The second-order valence-electron chi connectivity index (χ2n) is 3.38. The molecule has 0 aliphatic carbocycles. The first-order valence-corrected chi connectivity index (χ1v) is 5.06. The fourth-order valence-corrected chi connectivity index (χ4v) is 1.33. The molecule has 1 heterocycles. The minimum atomic E-state index is -0.374. The SMILES string of the molecule is O=C(NCc1ccccc1F)c1cccnn1. The monoisotopic (exact) mass is 231 g/mol. The molecule has 2 rings (SSSR count). The number of amides is 1. The molecule has 0 aliphatic heterocycles. The number of carbonyl (C=O) groups is 1. The number of hydrogen-bond donors (Lipinski definition) is 1. The maximum atomic E-state index is 13.3. The molecule has 0 spiro atoms.